The molecule has 4 nitrogen and oxygen atoms in total. The second-order valence-corrected chi connectivity index (χ2v) is 4.57. The van der Waals surface area contributed by atoms with Gasteiger partial charge in [-0.1, -0.05) is 18.2 Å². The second-order valence-electron chi connectivity index (χ2n) is 4.57. The first-order valence-electron chi connectivity index (χ1n) is 6.23. The Morgan fingerprint density at radius 2 is 2.06 bits per heavy atom. The second kappa shape index (κ2) is 5.67. The van der Waals surface area contributed by atoms with Crippen molar-refractivity contribution in [2.75, 3.05) is 31.6 Å². The van der Waals surface area contributed by atoms with E-state index in [9.17, 15) is 9.59 Å². The van der Waals surface area contributed by atoms with E-state index in [1.807, 2.05) is 31.3 Å². The van der Waals surface area contributed by atoms with Crippen molar-refractivity contribution in [3.8, 4) is 0 Å². The van der Waals surface area contributed by atoms with Gasteiger partial charge in [0.25, 0.3) is 0 Å². The Hall–Kier alpha value is -1.84. The molecule has 1 amide bonds. The molecule has 4 heteroatoms. The van der Waals surface area contributed by atoms with Gasteiger partial charge in [-0.05, 0) is 18.1 Å². The molecule has 0 N–H and O–H groups in total. The van der Waals surface area contributed by atoms with E-state index < -0.39 is 0 Å². The van der Waals surface area contributed by atoms with Crippen LogP contribution < -0.4 is 4.90 Å². The summed E-state index contributed by atoms with van der Waals surface area (Å²) >= 11 is 0. The summed E-state index contributed by atoms with van der Waals surface area (Å²) in [5, 5.41) is 0. The lowest BCUT2D eigenvalue weighted by Crippen LogP contribution is -2.48. The number of aryl methyl sites for hydroxylation is 1. The number of anilines is 1. The number of carbonyl (C=O) groups is 2. The van der Waals surface area contributed by atoms with E-state index in [-0.39, 0.29) is 5.91 Å². The van der Waals surface area contributed by atoms with Crippen molar-refractivity contribution in [2.45, 2.75) is 12.8 Å². The van der Waals surface area contributed by atoms with Crippen LogP contribution in [-0.2, 0) is 16.0 Å². The van der Waals surface area contributed by atoms with Crippen molar-refractivity contribution < 1.29 is 9.59 Å². The molecule has 96 valence electrons. The number of para-hydroxylation sites is 1. The Kier molecular flexibility index (Phi) is 3.97. The van der Waals surface area contributed by atoms with Crippen LogP contribution in [0.5, 0.6) is 0 Å². The molecule has 0 radical (unpaired) electrons. The zero-order valence-electron chi connectivity index (χ0n) is 10.6. The van der Waals surface area contributed by atoms with E-state index in [2.05, 4.69) is 4.90 Å². The van der Waals surface area contributed by atoms with E-state index in [4.69, 9.17) is 0 Å². The zero-order valence-corrected chi connectivity index (χ0v) is 10.6. The topological polar surface area (TPSA) is 40.6 Å². The van der Waals surface area contributed by atoms with Crippen LogP contribution in [-0.4, -0.2) is 43.8 Å². The molecular formula is C14H18N2O2. The number of benzene rings is 1. The smallest absolute Gasteiger partial charge is 0.241 e. The van der Waals surface area contributed by atoms with Crippen LogP contribution in [0, 0.1) is 0 Å². The minimum Gasteiger partial charge on any atom is -0.360 e. The van der Waals surface area contributed by atoms with E-state index in [1.54, 1.807) is 4.90 Å². The average molecular weight is 246 g/mol. The summed E-state index contributed by atoms with van der Waals surface area (Å²) in [4.78, 5) is 26.1. The fraction of sp³-hybridized carbons (Fsp3) is 0.429. The third-order valence-electron chi connectivity index (χ3n) is 3.32. The van der Waals surface area contributed by atoms with Gasteiger partial charge in [0.05, 0.1) is 6.54 Å². The summed E-state index contributed by atoms with van der Waals surface area (Å²) in [6, 6.07) is 8.00. The summed E-state index contributed by atoms with van der Waals surface area (Å²) in [5.41, 5.74) is 2.22. The molecule has 0 spiro atoms. The molecule has 2 rings (SSSR count). The maximum absolute atomic E-state index is 11.7. The molecule has 1 aromatic carbocycles. The number of piperazine rings is 1. The third-order valence-corrected chi connectivity index (χ3v) is 3.32. The molecule has 0 unspecified atom stereocenters. The van der Waals surface area contributed by atoms with Crippen LogP contribution >= 0.6 is 0 Å². The predicted octanol–water partition coefficient (Wildman–Crippen LogP) is 1.10. The number of rotatable bonds is 4. The van der Waals surface area contributed by atoms with E-state index in [0.29, 0.717) is 13.0 Å². The number of hydrogen-bond acceptors (Lipinski definition) is 3. The Morgan fingerprint density at radius 1 is 1.28 bits per heavy atom. The minimum atomic E-state index is 0.145. The highest BCUT2D eigenvalue weighted by molar-refractivity contribution is 5.83. The number of nitrogens with zero attached hydrogens (tertiary/aromatic N) is 2. The normalized spacial score (nSPS) is 15.9. The summed E-state index contributed by atoms with van der Waals surface area (Å²) < 4.78 is 0. The molecule has 1 aromatic rings. The van der Waals surface area contributed by atoms with E-state index in [1.165, 1.54) is 0 Å². The molecule has 0 aliphatic carbocycles. The van der Waals surface area contributed by atoms with Gasteiger partial charge in [0.15, 0.2) is 0 Å². The van der Waals surface area contributed by atoms with Gasteiger partial charge in [0, 0.05) is 32.2 Å². The lowest BCUT2D eigenvalue weighted by Gasteiger charge is -2.34. The van der Waals surface area contributed by atoms with Gasteiger partial charge in [-0.3, -0.25) is 4.79 Å². The molecule has 1 aliphatic rings. The number of likely N-dealkylation sites (N-methyl/N-ethyl adjacent to an activating group) is 1. The van der Waals surface area contributed by atoms with Gasteiger partial charge in [-0.15, -0.1) is 0 Å². The van der Waals surface area contributed by atoms with Crippen LogP contribution in [0.3, 0.4) is 0 Å². The van der Waals surface area contributed by atoms with Crippen molar-refractivity contribution in [1.82, 2.24) is 4.90 Å². The van der Waals surface area contributed by atoms with Crippen LogP contribution in [0.15, 0.2) is 24.3 Å². The van der Waals surface area contributed by atoms with E-state index in [0.717, 1.165) is 37.0 Å². The SMILES string of the molecule is CN1CCN(c2ccccc2CCC=O)CC1=O. The van der Waals surface area contributed by atoms with Crippen molar-refractivity contribution in [3.05, 3.63) is 29.8 Å². The number of amides is 1. The monoisotopic (exact) mass is 246 g/mol. The Morgan fingerprint density at radius 3 is 2.78 bits per heavy atom. The molecule has 0 atom stereocenters. The molecule has 1 saturated heterocycles. The van der Waals surface area contributed by atoms with Crippen LogP contribution in [0.2, 0.25) is 0 Å². The standard InChI is InChI=1S/C14H18N2O2/c1-15-8-9-16(11-14(15)18)13-7-3-2-5-12(13)6-4-10-17/h2-3,5,7,10H,4,6,8-9,11H2,1H3. The molecule has 1 aliphatic heterocycles. The zero-order chi connectivity index (χ0) is 13.0. The number of aldehydes is 1. The first kappa shape index (κ1) is 12.6. The Bertz CT molecular complexity index is 445. The molecule has 1 heterocycles. The summed E-state index contributed by atoms with van der Waals surface area (Å²) in [5.74, 6) is 0.145. The van der Waals surface area contributed by atoms with Crippen molar-refractivity contribution in [3.63, 3.8) is 0 Å². The number of carbonyl (C=O) groups excluding carboxylic acids is 2. The van der Waals surface area contributed by atoms with Gasteiger partial charge in [-0.25, -0.2) is 0 Å². The van der Waals surface area contributed by atoms with Crippen molar-refractivity contribution in [1.29, 1.82) is 0 Å². The highest BCUT2D eigenvalue weighted by Crippen LogP contribution is 2.22. The highest BCUT2D eigenvalue weighted by atomic mass is 16.2. The summed E-state index contributed by atoms with van der Waals surface area (Å²) in [6.07, 6.45) is 2.20. The first-order valence-corrected chi connectivity index (χ1v) is 6.23. The van der Waals surface area contributed by atoms with Gasteiger partial charge >= 0.3 is 0 Å². The van der Waals surface area contributed by atoms with Gasteiger partial charge < -0.3 is 14.6 Å². The highest BCUT2D eigenvalue weighted by Gasteiger charge is 2.22. The summed E-state index contributed by atoms with van der Waals surface area (Å²) in [6.45, 7) is 2.02. The fourth-order valence-corrected chi connectivity index (χ4v) is 2.21. The molecular weight excluding hydrogens is 228 g/mol. The summed E-state index contributed by atoms with van der Waals surface area (Å²) in [7, 11) is 1.83. The van der Waals surface area contributed by atoms with Crippen LogP contribution in [0.1, 0.15) is 12.0 Å². The van der Waals surface area contributed by atoms with Gasteiger partial charge in [0.2, 0.25) is 5.91 Å². The molecule has 0 bridgehead atoms. The fourth-order valence-electron chi connectivity index (χ4n) is 2.21. The van der Waals surface area contributed by atoms with Gasteiger partial charge in [0.1, 0.15) is 6.29 Å². The van der Waals surface area contributed by atoms with Crippen LogP contribution in [0.4, 0.5) is 5.69 Å². The quantitative estimate of drug-likeness (QED) is 0.747. The third kappa shape index (κ3) is 2.70. The first-order chi connectivity index (χ1) is 8.72. The largest absolute Gasteiger partial charge is 0.360 e. The van der Waals surface area contributed by atoms with Crippen molar-refractivity contribution >= 4 is 17.9 Å². The molecule has 18 heavy (non-hydrogen) atoms. The molecule has 0 aromatic heterocycles. The lowest BCUT2D eigenvalue weighted by atomic mass is 10.1. The molecule has 0 saturated carbocycles. The predicted molar refractivity (Wildman–Crippen MR) is 70.7 cm³/mol. The minimum absolute atomic E-state index is 0.145. The van der Waals surface area contributed by atoms with Gasteiger partial charge in [-0.2, -0.15) is 0 Å². The van der Waals surface area contributed by atoms with Crippen molar-refractivity contribution in [2.24, 2.45) is 0 Å². The maximum Gasteiger partial charge on any atom is 0.241 e. The van der Waals surface area contributed by atoms with E-state index >= 15 is 0 Å². The maximum atomic E-state index is 11.7. The average Bonchev–Trinajstić information content (AvgIpc) is 2.40. The number of hydrogen-bond donors (Lipinski definition) is 0. The Balaban J connectivity index is 2.17. The van der Waals surface area contributed by atoms with Crippen LogP contribution in [0.25, 0.3) is 0 Å². The Labute approximate surface area is 107 Å². The lowest BCUT2D eigenvalue weighted by molar-refractivity contribution is -0.129. The molecule has 1 fully saturated rings.